The third-order valence-electron chi connectivity index (χ3n) is 7.78. The summed E-state index contributed by atoms with van der Waals surface area (Å²) >= 11 is 0. The van der Waals surface area contributed by atoms with E-state index in [1.54, 1.807) is 0 Å². The Morgan fingerprint density at radius 2 is 0.930 bits per heavy atom. The molecule has 0 atom stereocenters. The molecule has 5 aromatic carbocycles. The molecule has 0 aliphatic rings. The molecular formula is C39H32N4. The Labute approximate surface area is 252 Å². The van der Waals surface area contributed by atoms with Gasteiger partial charge < -0.3 is 14.2 Å². The van der Waals surface area contributed by atoms with Gasteiger partial charge >= 0.3 is 0 Å². The number of para-hydroxylation sites is 2. The molecule has 0 unspecified atom stereocenters. The summed E-state index contributed by atoms with van der Waals surface area (Å²) in [4.78, 5) is 9.40. The van der Waals surface area contributed by atoms with Crippen molar-refractivity contribution in [3.05, 3.63) is 170 Å². The summed E-state index contributed by atoms with van der Waals surface area (Å²) in [5.41, 5.74) is 11.0. The van der Waals surface area contributed by atoms with E-state index in [-0.39, 0.29) is 0 Å². The molecule has 0 radical (unpaired) electrons. The zero-order valence-electron chi connectivity index (χ0n) is 24.1. The summed E-state index contributed by atoms with van der Waals surface area (Å²) < 4.78 is 2.05. The summed E-state index contributed by atoms with van der Waals surface area (Å²) in [7, 11) is 0. The minimum Gasteiger partial charge on any atom is -0.311 e. The summed E-state index contributed by atoms with van der Waals surface area (Å²) in [6.45, 7) is 2.19. The molecule has 0 aliphatic carbocycles. The predicted octanol–water partition coefficient (Wildman–Crippen LogP) is 10.5. The predicted molar refractivity (Wildman–Crippen MR) is 179 cm³/mol. The van der Waals surface area contributed by atoms with Gasteiger partial charge in [-0.05, 0) is 96.9 Å². The lowest BCUT2D eigenvalue weighted by atomic mass is 10.1. The fraction of sp³-hybridized carbons (Fsp3) is 0.0513. The normalized spacial score (nSPS) is 11.0. The molecule has 43 heavy (non-hydrogen) atoms. The Balaban J connectivity index is 1.25. The monoisotopic (exact) mass is 556 g/mol. The first-order chi connectivity index (χ1) is 21.3. The third kappa shape index (κ3) is 5.39. The number of aryl methyl sites for hydroxylation is 1. The van der Waals surface area contributed by atoms with Crippen LogP contribution < -0.4 is 9.80 Å². The van der Waals surface area contributed by atoms with Gasteiger partial charge in [0, 0.05) is 52.1 Å². The highest BCUT2D eigenvalue weighted by Gasteiger charge is 2.16. The van der Waals surface area contributed by atoms with Crippen molar-refractivity contribution in [3.8, 4) is 11.3 Å². The Kier molecular flexibility index (Phi) is 7.16. The van der Waals surface area contributed by atoms with Gasteiger partial charge in [0.25, 0.3) is 0 Å². The van der Waals surface area contributed by atoms with Crippen molar-refractivity contribution in [1.29, 1.82) is 0 Å². The number of imidazole rings is 1. The summed E-state index contributed by atoms with van der Waals surface area (Å²) in [5.74, 6) is 0. The number of aromatic nitrogens is 2. The minimum absolute atomic E-state index is 0.943. The quantitative estimate of drug-likeness (QED) is 0.186. The van der Waals surface area contributed by atoms with Gasteiger partial charge in [0.2, 0.25) is 0 Å². The third-order valence-corrected chi connectivity index (χ3v) is 7.78. The van der Waals surface area contributed by atoms with Crippen LogP contribution in [-0.4, -0.2) is 9.38 Å². The van der Waals surface area contributed by atoms with Crippen molar-refractivity contribution < 1.29 is 0 Å². The van der Waals surface area contributed by atoms with Crippen LogP contribution >= 0.6 is 0 Å². The van der Waals surface area contributed by atoms with E-state index in [4.69, 9.17) is 4.98 Å². The van der Waals surface area contributed by atoms with Crippen molar-refractivity contribution in [2.24, 2.45) is 0 Å². The zero-order chi connectivity index (χ0) is 29.0. The molecule has 0 amide bonds. The van der Waals surface area contributed by atoms with E-state index in [0.29, 0.717) is 0 Å². The molecule has 7 aromatic rings. The van der Waals surface area contributed by atoms with Crippen LogP contribution in [0.3, 0.4) is 0 Å². The van der Waals surface area contributed by atoms with Crippen LogP contribution in [-0.2, 0) is 6.42 Å². The number of hydrogen-bond acceptors (Lipinski definition) is 3. The number of rotatable bonds is 8. The van der Waals surface area contributed by atoms with Gasteiger partial charge in [0.05, 0.1) is 5.69 Å². The van der Waals surface area contributed by atoms with E-state index in [0.717, 1.165) is 57.4 Å². The first-order valence-corrected chi connectivity index (χ1v) is 14.7. The van der Waals surface area contributed by atoms with E-state index in [1.807, 2.05) is 24.4 Å². The number of hydrogen-bond donors (Lipinski definition) is 0. The second-order valence-corrected chi connectivity index (χ2v) is 10.5. The van der Waals surface area contributed by atoms with Gasteiger partial charge in [0.15, 0.2) is 0 Å². The van der Waals surface area contributed by atoms with Gasteiger partial charge in [-0.3, -0.25) is 0 Å². The molecule has 0 spiro atoms. The smallest absolute Gasteiger partial charge is 0.137 e. The second kappa shape index (κ2) is 11.7. The van der Waals surface area contributed by atoms with Crippen LogP contribution in [0.4, 0.5) is 34.1 Å². The summed E-state index contributed by atoms with van der Waals surface area (Å²) in [5, 5.41) is 0. The molecule has 0 bridgehead atoms. The number of fused-ring (bicyclic) bond motifs is 1. The van der Waals surface area contributed by atoms with Crippen molar-refractivity contribution in [2.45, 2.75) is 13.3 Å². The summed E-state index contributed by atoms with van der Waals surface area (Å²) in [6.07, 6.45) is 5.13. The standard InChI is InChI=1S/C39H32N4/c1-2-30-16-20-34(21-17-30)42(32-11-5-3-6-12-32)36-24-26-37(27-25-36)43(33-13-7-4-8-14-33)35-22-18-31(19-23-35)38-29-41-28-10-9-15-39(41)40-38/h3-29H,2H2,1H3. The maximum absolute atomic E-state index is 4.80. The lowest BCUT2D eigenvalue weighted by molar-refractivity contribution is 1.14. The molecule has 4 heteroatoms. The minimum atomic E-state index is 0.943. The van der Waals surface area contributed by atoms with E-state index >= 15 is 0 Å². The van der Waals surface area contributed by atoms with Crippen LogP contribution in [0.1, 0.15) is 12.5 Å². The first-order valence-electron chi connectivity index (χ1n) is 14.7. The van der Waals surface area contributed by atoms with E-state index in [2.05, 4.69) is 161 Å². The molecule has 0 saturated carbocycles. The van der Waals surface area contributed by atoms with Crippen LogP contribution in [0, 0.1) is 0 Å². The average Bonchev–Trinajstić information content (AvgIpc) is 3.52. The maximum atomic E-state index is 4.80. The fourth-order valence-corrected chi connectivity index (χ4v) is 5.54. The Morgan fingerprint density at radius 1 is 0.488 bits per heavy atom. The van der Waals surface area contributed by atoms with Crippen LogP contribution in [0.2, 0.25) is 0 Å². The lowest BCUT2D eigenvalue weighted by Gasteiger charge is -2.28. The van der Waals surface area contributed by atoms with E-state index in [1.165, 1.54) is 5.56 Å². The van der Waals surface area contributed by atoms with E-state index in [9.17, 15) is 0 Å². The lowest BCUT2D eigenvalue weighted by Crippen LogP contribution is -2.12. The van der Waals surface area contributed by atoms with E-state index < -0.39 is 0 Å². The summed E-state index contributed by atoms with van der Waals surface area (Å²) in [6, 6.07) is 53.4. The number of benzene rings is 5. The van der Waals surface area contributed by atoms with Crippen molar-refractivity contribution >= 4 is 39.8 Å². The number of nitrogens with zero attached hydrogens (tertiary/aromatic N) is 4. The molecule has 0 aliphatic heterocycles. The van der Waals surface area contributed by atoms with Gasteiger partial charge in [-0.1, -0.05) is 73.7 Å². The molecule has 2 heterocycles. The van der Waals surface area contributed by atoms with Gasteiger partial charge in [-0.25, -0.2) is 4.98 Å². The zero-order valence-corrected chi connectivity index (χ0v) is 24.1. The largest absolute Gasteiger partial charge is 0.311 e. The van der Waals surface area contributed by atoms with Crippen molar-refractivity contribution in [2.75, 3.05) is 9.80 Å². The second-order valence-electron chi connectivity index (χ2n) is 10.5. The molecule has 4 nitrogen and oxygen atoms in total. The van der Waals surface area contributed by atoms with Gasteiger partial charge in [-0.15, -0.1) is 0 Å². The van der Waals surface area contributed by atoms with Crippen molar-refractivity contribution in [1.82, 2.24) is 9.38 Å². The number of pyridine rings is 1. The Hall–Kier alpha value is -5.61. The molecule has 0 fully saturated rings. The SMILES string of the molecule is CCc1ccc(N(c2ccccc2)c2ccc(N(c3ccccc3)c3ccc(-c4cn5ccccc5n4)cc3)cc2)cc1. The highest BCUT2D eigenvalue weighted by molar-refractivity contribution is 5.81. The first kappa shape index (κ1) is 26.3. The number of anilines is 6. The van der Waals surface area contributed by atoms with Crippen LogP contribution in [0.25, 0.3) is 16.9 Å². The van der Waals surface area contributed by atoms with Crippen LogP contribution in [0.5, 0.6) is 0 Å². The molecule has 7 rings (SSSR count). The average molecular weight is 557 g/mol. The fourth-order valence-electron chi connectivity index (χ4n) is 5.54. The van der Waals surface area contributed by atoms with Crippen LogP contribution in [0.15, 0.2) is 164 Å². The van der Waals surface area contributed by atoms with Crippen molar-refractivity contribution in [3.63, 3.8) is 0 Å². The highest BCUT2D eigenvalue weighted by Crippen LogP contribution is 2.39. The van der Waals surface area contributed by atoms with Gasteiger partial charge in [0.1, 0.15) is 5.65 Å². The topological polar surface area (TPSA) is 23.8 Å². The molecule has 2 aromatic heterocycles. The Morgan fingerprint density at radius 3 is 1.42 bits per heavy atom. The molecule has 0 saturated heterocycles. The molecule has 208 valence electrons. The maximum Gasteiger partial charge on any atom is 0.137 e. The molecule has 0 N–H and O–H groups in total. The van der Waals surface area contributed by atoms with Gasteiger partial charge in [-0.2, -0.15) is 0 Å². The molecular weight excluding hydrogens is 524 g/mol. The Bertz CT molecular complexity index is 1890. The highest BCUT2D eigenvalue weighted by atomic mass is 15.2.